The molecule has 5 heteroatoms. The highest BCUT2D eigenvalue weighted by Crippen LogP contribution is 2.34. The van der Waals surface area contributed by atoms with E-state index in [4.69, 9.17) is 0 Å². The van der Waals surface area contributed by atoms with Gasteiger partial charge in [0.1, 0.15) is 5.82 Å². The van der Waals surface area contributed by atoms with E-state index in [2.05, 4.69) is 15.2 Å². The van der Waals surface area contributed by atoms with E-state index in [-0.39, 0.29) is 5.91 Å². The molecule has 1 aliphatic carbocycles. The van der Waals surface area contributed by atoms with Crippen LogP contribution in [0.15, 0.2) is 0 Å². The minimum absolute atomic E-state index is 0.0115. The average molecular weight is 262 g/mol. The molecule has 1 atom stereocenters. The number of H-pyrrole nitrogens is 1. The van der Waals surface area contributed by atoms with E-state index in [0.717, 1.165) is 19.4 Å². The summed E-state index contributed by atoms with van der Waals surface area (Å²) in [6.07, 6.45) is 8.84. The number of hydrogen-bond acceptors (Lipinski definition) is 3. The lowest BCUT2D eigenvalue weighted by Crippen LogP contribution is -2.41. The number of carbonyl (C=O) groups excluding carboxylic acids is 1. The third-order valence-corrected chi connectivity index (χ3v) is 4.54. The fraction of sp³-hybridized carbons (Fsp3) is 0.786. The minimum Gasteiger partial charge on any atom is -0.333 e. The van der Waals surface area contributed by atoms with Gasteiger partial charge in [-0.25, -0.2) is 4.98 Å². The second-order valence-electron chi connectivity index (χ2n) is 5.85. The molecule has 5 nitrogen and oxygen atoms in total. The molecule has 2 heterocycles. The molecule has 104 valence electrons. The second kappa shape index (κ2) is 5.31. The molecule has 0 aromatic carbocycles. The van der Waals surface area contributed by atoms with Gasteiger partial charge >= 0.3 is 0 Å². The Morgan fingerprint density at radius 3 is 2.68 bits per heavy atom. The van der Waals surface area contributed by atoms with Gasteiger partial charge in [-0.3, -0.25) is 9.89 Å². The van der Waals surface area contributed by atoms with Crippen molar-refractivity contribution in [1.29, 1.82) is 0 Å². The maximum Gasteiger partial charge on any atom is 0.293 e. The molecule has 2 fully saturated rings. The number of carbonyl (C=O) groups is 1. The summed E-state index contributed by atoms with van der Waals surface area (Å²) in [6.45, 7) is 2.69. The van der Waals surface area contributed by atoms with E-state index < -0.39 is 0 Å². The predicted octanol–water partition coefficient (Wildman–Crippen LogP) is 2.30. The monoisotopic (exact) mass is 262 g/mol. The van der Waals surface area contributed by atoms with Crippen molar-refractivity contribution < 1.29 is 4.79 Å². The molecule has 0 spiro atoms. The van der Waals surface area contributed by atoms with Crippen LogP contribution in [0.4, 0.5) is 0 Å². The number of amides is 1. The Labute approximate surface area is 113 Å². The summed E-state index contributed by atoms with van der Waals surface area (Å²) < 4.78 is 0. The molecule has 19 heavy (non-hydrogen) atoms. The molecule has 1 saturated carbocycles. The lowest BCUT2D eigenvalue weighted by molar-refractivity contribution is 0.0649. The third-order valence-electron chi connectivity index (χ3n) is 4.54. The van der Waals surface area contributed by atoms with E-state index in [0.29, 0.717) is 23.6 Å². The maximum atomic E-state index is 12.5. The number of nitrogens with zero attached hydrogens (tertiary/aromatic N) is 3. The van der Waals surface area contributed by atoms with Crippen molar-refractivity contribution in [3.05, 3.63) is 11.6 Å². The Kier molecular flexibility index (Phi) is 3.53. The van der Waals surface area contributed by atoms with Crippen LogP contribution >= 0.6 is 0 Å². The van der Waals surface area contributed by atoms with Crippen LogP contribution in [0.5, 0.6) is 0 Å². The highest BCUT2D eigenvalue weighted by molar-refractivity contribution is 5.90. The number of aromatic nitrogens is 3. The van der Waals surface area contributed by atoms with Gasteiger partial charge in [0, 0.05) is 12.6 Å². The molecule has 1 aliphatic heterocycles. The van der Waals surface area contributed by atoms with Crippen LogP contribution in [0.3, 0.4) is 0 Å². The number of nitrogens with one attached hydrogen (secondary N) is 1. The van der Waals surface area contributed by atoms with Crippen LogP contribution in [-0.2, 0) is 0 Å². The van der Waals surface area contributed by atoms with Crippen LogP contribution in [0, 0.1) is 12.8 Å². The lowest BCUT2D eigenvalue weighted by atomic mass is 9.83. The van der Waals surface area contributed by atoms with E-state index in [9.17, 15) is 4.79 Å². The molecule has 1 aromatic rings. The highest BCUT2D eigenvalue weighted by Gasteiger charge is 2.36. The minimum atomic E-state index is 0.0115. The summed E-state index contributed by atoms with van der Waals surface area (Å²) in [7, 11) is 0. The standard InChI is InChI=1S/C14H22N4O/c1-10-15-13(17-16-10)14(19)18-9-5-8-12(18)11-6-3-2-4-7-11/h11-12H,2-9H2,1H3,(H,15,16,17). The molecule has 1 amide bonds. The number of likely N-dealkylation sites (tertiary alicyclic amines) is 1. The smallest absolute Gasteiger partial charge is 0.293 e. The molecule has 2 aliphatic rings. The summed E-state index contributed by atoms with van der Waals surface area (Å²) in [5, 5.41) is 6.77. The Bertz CT molecular complexity index is 450. The van der Waals surface area contributed by atoms with Crippen molar-refractivity contribution in [2.45, 2.75) is 57.9 Å². The van der Waals surface area contributed by atoms with Gasteiger partial charge in [0.2, 0.25) is 5.82 Å². The summed E-state index contributed by atoms with van der Waals surface area (Å²) in [5.41, 5.74) is 0. The molecule has 0 radical (unpaired) electrons. The van der Waals surface area contributed by atoms with Crippen LogP contribution in [0.2, 0.25) is 0 Å². The summed E-state index contributed by atoms with van der Waals surface area (Å²) in [4.78, 5) is 18.7. The first-order valence-electron chi connectivity index (χ1n) is 7.45. The number of hydrogen-bond donors (Lipinski definition) is 1. The first-order valence-corrected chi connectivity index (χ1v) is 7.45. The number of rotatable bonds is 2. The molecule has 1 saturated heterocycles. The van der Waals surface area contributed by atoms with Crippen LogP contribution in [0.1, 0.15) is 61.4 Å². The van der Waals surface area contributed by atoms with Gasteiger partial charge in [-0.1, -0.05) is 19.3 Å². The zero-order chi connectivity index (χ0) is 13.2. The third kappa shape index (κ3) is 2.51. The molecule has 3 rings (SSSR count). The summed E-state index contributed by atoms with van der Waals surface area (Å²) in [6, 6.07) is 0.423. The van der Waals surface area contributed by atoms with E-state index in [1.165, 1.54) is 32.1 Å². The van der Waals surface area contributed by atoms with Crippen LogP contribution < -0.4 is 0 Å². The van der Waals surface area contributed by atoms with Gasteiger partial charge in [-0.15, -0.1) is 5.10 Å². The first-order chi connectivity index (χ1) is 9.25. The molecule has 1 unspecified atom stereocenters. The SMILES string of the molecule is Cc1nc(C(=O)N2CCCC2C2CCCCC2)n[nH]1. The molecule has 1 aromatic heterocycles. The fourth-order valence-corrected chi connectivity index (χ4v) is 3.62. The Hall–Kier alpha value is -1.39. The first kappa shape index (κ1) is 12.6. The van der Waals surface area contributed by atoms with Gasteiger partial charge < -0.3 is 4.90 Å². The van der Waals surface area contributed by atoms with Crippen molar-refractivity contribution in [2.75, 3.05) is 6.54 Å². The molecular formula is C14H22N4O. The molecule has 1 N–H and O–H groups in total. The maximum absolute atomic E-state index is 12.5. The van der Waals surface area contributed by atoms with Crippen LogP contribution in [0.25, 0.3) is 0 Å². The quantitative estimate of drug-likeness (QED) is 0.889. The normalized spacial score (nSPS) is 24.9. The summed E-state index contributed by atoms with van der Waals surface area (Å²) >= 11 is 0. The van der Waals surface area contributed by atoms with Gasteiger partial charge in [0.15, 0.2) is 0 Å². The Morgan fingerprint density at radius 1 is 1.21 bits per heavy atom. The molecule has 0 bridgehead atoms. The Morgan fingerprint density at radius 2 is 2.00 bits per heavy atom. The van der Waals surface area contributed by atoms with Crippen molar-refractivity contribution in [3.63, 3.8) is 0 Å². The van der Waals surface area contributed by atoms with Gasteiger partial charge in [0.25, 0.3) is 5.91 Å². The van der Waals surface area contributed by atoms with Gasteiger partial charge in [-0.05, 0) is 38.5 Å². The summed E-state index contributed by atoms with van der Waals surface area (Å²) in [5.74, 6) is 1.75. The van der Waals surface area contributed by atoms with E-state index in [1.54, 1.807) is 0 Å². The van der Waals surface area contributed by atoms with Gasteiger partial charge in [-0.2, -0.15) is 0 Å². The fourth-order valence-electron chi connectivity index (χ4n) is 3.62. The number of aryl methyl sites for hydroxylation is 1. The van der Waals surface area contributed by atoms with Crippen molar-refractivity contribution >= 4 is 5.91 Å². The van der Waals surface area contributed by atoms with E-state index in [1.807, 2.05) is 11.8 Å². The van der Waals surface area contributed by atoms with Gasteiger partial charge in [0.05, 0.1) is 0 Å². The molecular weight excluding hydrogens is 240 g/mol. The van der Waals surface area contributed by atoms with E-state index >= 15 is 0 Å². The van der Waals surface area contributed by atoms with Crippen molar-refractivity contribution in [1.82, 2.24) is 20.1 Å². The zero-order valence-electron chi connectivity index (χ0n) is 11.6. The number of aromatic amines is 1. The zero-order valence-corrected chi connectivity index (χ0v) is 11.6. The van der Waals surface area contributed by atoms with Crippen molar-refractivity contribution in [2.24, 2.45) is 5.92 Å². The highest BCUT2D eigenvalue weighted by atomic mass is 16.2. The largest absolute Gasteiger partial charge is 0.333 e. The topological polar surface area (TPSA) is 61.9 Å². The second-order valence-corrected chi connectivity index (χ2v) is 5.85. The Balaban J connectivity index is 1.73. The van der Waals surface area contributed by atoms with Crippen molar-refractivity contribution in [3.8, 4) is 0 Å². The average Bonchev–Trinajstić information content (AvgIpc) is 3.07. The predicted molar refractivity (Wildman–Crippen MR) is 71.8 cm³/mol. The lowest BCUT2D eigenvalue weighted by Gasteiger charge is -2.33. The van der Waals surface area contributed by atoms with Crippen LogP contribution in [-0.4, -0.2) is 38.6 Å².